The van der Waals surface area contributed by atoms with Crippen molar-refractivity contribution in [1.82, 2.24) is 5.32 Å². The van der Waals surface area contributed by atoms with Gasteiger partial charge in [-0.3, -0.25) is 4.79 Å². The van der Waals surface area contributed by atoms with Crippen molar-refractivity contribution in [2.24, 2.45) is 0 Å². The minimum absolute atomic E-state index is 0.148. The molecule has 0 aliphatic carbocycles. The molecule has 0 spiro atoms. The molecule has 0 unspecified atom stereocenters. The Morgan fingerprint density at radius 2 is 1.62 bits per heavy atom. The second kappa shape index (κ2) is 12.5. The van der Waals surface area contributed by atoms with Gasteiger partial charge in [0, 0.05) is 0 Å². The predicted octanol–water partition coefficient (Wildman–Crippen LogP) is 2.89. The Balaban J connectivity index is 3.01. The summed E-state index contributed by atoms with van der Waals surface area (Å²) >= 11 is 0. The van der Waals surface area contributed by atoms with Gasteiger partial charge in [-0.05, 0) is 19.9 Å². The number of hydrogen-bond acceptors (Lipinski definition) is 3. The molecular formula is C13H27NO2. The van der Waals surface area contributed by atoms with E-state index in [1.165, 1.54) is 38.5 Å². The predicted molar refractivity (Wildman–Crippen MR) is 67.5 cm³/mol. The van der Waals surface area contributed by atoms with Crippen LogP contribution in [0.4, 0.5) is 0 Å². The van der Waals surface area contributed by atoms with E-state index >= 15 is 0 Å². The molecule has 0 radical (unpaired) electrons. The smallest absolute Gasteiger partial charge is 0.319 e. The molecule has 0 aromatic heterocycles. The highest BCUT2D eigenvalue weighted by molar-refractivity contribution is 5.71. The van der Waals surface area contributed by atoms with E-state index in [9.17, 15) is 4.79 Å². The Morgan fingerprint density at radius 1 is 1.00 bits per heavy atom. The summed E-state index contributed by atoms with van der Waals surface area (Å²) in [6.07, 6.45) is 9.13. The van der Waals surface area contributed by atoms with Gasteiger partial charge in [-0.25, -0.2) is 0 Å². The Labute approximate surface area is 99.9 Å². The summed E-state index contributed by atoms with van der Waals surface area (Å²) in [5, 5.41) is 3.10. The lowest BCUT2D eigenvalue weighted by Gasteiger charge is -2.04. The number of nitrogens with one attached hydrogen (secondary N) is 1. The zero-order chi connectivity index (χ0) is 12.1. The fourth-order valence-electron chi connectivity index (χ4n) is 1.61. The third-order valence-corrected chi connectivity index (χ3v) is 2.53. The molecule has 0 saturated carbocycles. The summed E-state index contributed by atoms with van der Waals surface area (Å²) < 4.78 is 4.81. The van der Waals surface area contributed by atoms with Crippen molar-refractivity contribution in [3.63, 3.8) is 0 Å². The zero-order valence-corrected chi connectivity index (χ0v) is 10.9. The monoisotopic (exact) mass is 229 g/mol. The summed E-state index contributed by atoms with van der Waals surface area (Å²) in [5.41, 5.74) is 0. The van der Waals surface area contributed by atoms with Crippen LogP contribution < -0.4 is 5.32 Å². The van der Waals surface area contributed by atoms with Crippen LogP contribution in [0.5, 0.6) is 0 Å². The minimum atomic E-state index is -0.148. The van der Waals surface area contributed by atoms with E-state index in [2.05, 4.69) is 12.2 Å². The van der Waals surface area contributed by atoms with Crippen molar-refractivity contribution in [3.05, 3.63) is 0 Å². The van der Waals surface area contributed by atoms with Crippen molar-refractivity contribution < 1.29 is 9.53 Å². The van der Waals surface area contributed by atoms with E-state index in [4.69, 9.17) is 4.74 Å². The van der Waals surface area contributed by atoms with Crippen LogP contribution in [0.3, 0.4) is 0 Å². The van der Waals surface area contributed by atoms with Gasteiger partial charge in [0.1, 0.15) is 0 Å². The number of hydrogen-bond donors (Lipinski definition) is 1. The van der Waals surface area contributed by atoms with Crippen LogP contribution in [-0.2, 0) is 9.53 Å². The van der Waals surface area contributed by atoms with Crippen molar-refractivity contribution in [2.75, 3.05) is 19.7 Å². The highest BCUT2D eigenvalue weighted by atomic mass is 16.5. The van der Waals surface area contributed by atoms with E-state index in [0.29, 0.717) is 13.2 Å². The summed E-state index contributed by atoms with van der Waals surface area (Å²) in [7, 11) is 0. The Hall–Kier alpha value is -0.570. The van der Waals surface area contributed by atoms with E-state index in [0.717, 1.165) is 13.0 Å². The number of carbonyl (C=O) groups is 1. The van der Waals surface area contributed by atoms with Crippen molar-refractivity contribution >= 4 is 5.97 Å². The topological polar surface area (TPSA) is 38.3 Å². The molecule has 1 N–H and O–H groups in total. The molecular weight excluding hydrogens is 202 g/mol. The van der Waals surface area contributed by atoms with Crippen LogP contribution in [0.25, 0.3) is 0 Å². The molecule has 0 aromatic carbocycles. The van der Waals surface area contributed by atoms with Crippen LogP contribution in [0.2, 0.25) is 0 Å². The molecule has 0 saturated heterocycles. The number of ether oxygens (including phenoxy) is 1. The van der Waals surface area contributed by atoms with Gasteiger partial charge >= 0.3 is 5.97 Å². The molecule has 0 aliphatic heterocycles. The molecule has 0 aromatic rings. The molecule has 0 fully saturated rings. The molecule has 96 valence electrons. The van der Waals surface area contributed by atoms with Crippen LogP contribution in [0, 0.1) is 0 Å². The third kappa shape index (κ3) is 11.5. The van der Waals surface area contributed by atoms with Gasteiger partial charge in [0.15, 0.2) is 0 Å². The first-order valence-corrected chi connectivity index (χ1v) is 6.67. The zero-order valence-electron chi connectivity index (χ0n) is 10.9. The molecule has 0 rings (SSSR count). The van der Waals surface area contributed by atoms with Gasteiger partial charge in [0.25, 0.3) is 0 Å². The van der Waals surface area contributed by atoms with Crippen LogP contribution in [0.1, 0.15) is 58.8 Å². The number of rotatable bonds is 11. The van der Waals surface area contributed by atoms with E-state index in [-0.39, 0.29) is 5.97 Å². The molecule has 16 heavy (non-hydrogen) atoms. The van der Waals surface area contributed by atoms with Crippen molar-refractivity contribution in [1.29, 1.82) is 0 Å². The van der Waals surface area contributed by atoms with Gasteiger partial charge in [-0.1, -0.05) is 45.4 Å². The molecule has 3 heteroatoms. The maximum Gasteiger partial charge on any atom is 0.319 e. The summed E-state index contributed by atoms with van der Waals surface area (Å²) in [4.78, 5) is 11.0. The number of unbranched alkanes of at least 4 members (excludes halogenated alkanes) is 6. The Morgan fingerprint density at radius 3 is 2.25 bits per heavy atom. The molecule has 0 atom stereocenters. The maximum atomic E-state index is 11.0. The van der Waals surface area contributed by atoms with E-state index in [1.807, 2.05) is 6.92 Å². The Kier molecular flexibility index (Phi) is 12.1. The quantitative estimate of drug-likeness (QED) is 0.437. The lowest BCUT2D eigenvalue weighted by atomic mass is 10.1. The largest absolute Gasteiger partial charge is 0.465 e. The van der Waals surface area contributed by atoms with Crippen molar-refractivity contribution in [3.8, 4) is 0 Å². The van der Waals surface area contributed by atoms with Gasteiger partial charge in [0.2, 0.25) is 0 Å². The van der Waals surface area contributed by atoms with Gasteiger partial charge < -0.3 is 10.1 Å². The van der Waals surface area contributed by atoms with Gasteiger partial charge in [0.05, 0.1) is 13.2 Å². The van der Waals surface area contributed by atoms with Gasteiger partial charge in [-0.2, -0.15) is 0 Å². The standard InChI is InChI=1S/C13H27NO2/c1-3-5-6-7-8-9-10-11-14-12-13(15)16-4-2/h14H,3-12H2,1-2H3. The maximum absolute atomic E-state index is 11.0. The fourth-order valence-corrected chi connectivity index (χ4v) is 1.61. The third-order valence-electron chi connectivity index (χ3n) is 2.53. The molecule has 0 heterocycles. The highest BCUT2D eigenvalue weighted by Crippen LogP contribution is 2.06. The second-order valence-electron chi connectivity index (χ2n) is 4.10. The summed E-state index contributed by atoms with van der Waals surface area (Å²) in [5.74, 6) is -0.148. The normalized spacial score (nSPS) is 10.4. The lowest BCUT2D eigenvalue weighted by Crippen LogP contribution is -2.25. The molecule has 3 nitrogen and oxygen atoms in total. The Bertz CT molecular complexity index is 160. The first kappa shape index (κ1) is 15.4. The second-order valence-corrected chi connectivity index (χ2v) is 4.10. The average Bonchev–Trinajstić information content (AvgIpc) is 2.27. The van der Waals surface area contributed by atoms with Crippen LogP contribution in [-0.4, -0.2) is 25.7 Å². The first-order chi connectivity index (χ1) is 7.81. The molecule has 0 bridgehead atoms. The van der Waals surface area contributed by atoms with Crippen LogP contribution in [0.15, 0.2) is 0 Å². The van der Waals surface area contributed by atoms with Crippen LogP contribution >= 0.6 is 0 Å². The minimum Gasteiger partial charge on any atom is -0.465 e. The average molecular weight is 229 g/mol. The SMILES string of the molecule is CCCCCCCCCNCC(=O)OCC. The lowest BCUT2D eigenvalue weighted by molar-refractivity contribution is -0.141. The number of carbonyl (C=O) groups excluding carboxylic acids is 1. The van der Waals surface area contributed by atoms with Gasteiger partial charge in [-0.15, -0.1) is 0 Å². The van der Waals surface area contributed by atoms with E-state index < -0.39 is 0 Å². The highest BCUT2D eigenvalue weighted by Gasteiger charge is 1.98. The van der Waals surface area contributed by atoms with Crippen molar-refractivity contribution in [2.45, 2.75) is 58.8 Å². The fraction of sp³-hybridized carbons (Fsp3) is 0.923. The molecule has 0 aliphatic rings. The number of esters is 1. The summed E-state index contributed by atoms with van der Waals surface area (Å²) in [6.45, 7) is 5.81. The first-order valence-electron chi connectivity index (χ1n) is 6.67. The summed E-state index contributed by atoms with van der Waals surface area (Å²) in [6, 6.07) is 0. The van der Waals surface area contributed by atoms with E-state index in [1.54, 1.807) is 0 Å². The molecule has 0 amide bonds.